The lowest BCUT2D eigenvalue weighted by Crippen LogP contribution is -2.42. The maximum Gasteiger partial charge on any atom is 0.244 e. The van der Waals surface area contributed by atoms with E-state index < -0.39 is 11.3 Å². The normalized spacial score (nSPS) is 31.4. The first-order valence-electron chi connectivity index (χ1n) is 9.59. The van der Waals surface area contributed by atoms with E-state index in [0.717, 1.165) is 11.1 Å². The van der Waals surface area contributed by atoms with Crippen LogP contribution in [0, 0.1) is 17.3 Å². The largest absolute Gasteiger partial charge is 0.274 e. The summed E-state index contributed by atoms with van der Waals surface area (Å²) in [7, 11) is 0. The van der Waals surface area contributed by atoms with Crippen LogP contribution in [0.15, 0.2) is 78.9 Å². The van der Waals surface area contributed by atoms with Gasteiger partial charge in [0.1, 0.15) is 0 Å². The number of imide groups is 1. The lowest BCUT2D eigenvalue weighted by molar-refractivity contribution is -0.142. The van der Waals surface area contributed by atoms with Crippen LogP contribution >= 0.6 is 11.6 Å². The number of allylic oxidation sites excluding steroid dienone is 2. The highest BCUT2D eigenvalue weighted by molar-refractivity contribution is 6.30. The Labute approximate surface area is 169 Å². The molecule has 3 atom stereocenters. The summed E-state index contributed by atoms with van der Waals surface area (Å²) in [5.41, 5.74) is 1.14. The van der Waals surface area contributed by atoms with E-state index in [0.29, 0.717) is 5.02 Å². The zero-order valence-corrected chi connectivity index (χ0v) is 16.2. The first-order chi connectivity index (χ1) is 13.5. The highest BCUT2D eigenvalue weighted by Gasteiger charge is 2.64. The molecule has 0 radical (unpaired) electrons. The van der Waals surface area contributed by atoms with Crippen LogP contribution in [0.25, 0.3) is 0 Å². The number of hydrogen-bond acceptors (Lipinski definition) is 2. The van der Waals surface area contributed by atoms with Crippen molar-refractivity contribution in [1.29, 1.82) is 0 Å². The highest BCUT2D eigenvalue weighted by atomic mass is 35.5. The van der Waals surface area contributed by atoms with Gasteiger partial charge < -0.3 is 0 Å². The Bertz CT molecular complexity index is 995. The minimum absolute atomic E-state index is 0.0185. The Hall–Kier alpha value is -2.65. The Morgan fingerprint density at radius 3 is 2.25 bits per heavy atom. The average molecular weight is 390 g/mol. The van der Waals surface area contributed by atoms with E-state index in [2.05, 4.69) is 24.3 Å². The summed E-state index contributed by atoms with van der Waals surface area (Å²) in [6, 6.07) is 17.1. The number of halogens is 1. The van der Waals surface area contributed by atoms with Gasteiger partial charge in [0.05, 0.1) is 17.4 Å². The second-order valence-electron chi connectivity index (χ2n) is 7.88. The molecule has 0 aromatic heterocycles. The molecule has 3 aliphatic carbocycles. The molecule has 0 saturated carbocycles. The minimum atomic E-state index is -0.868. The van der Waals surface area contributed by atoms with Crippen molar-refractivity contribution in [2.24, 2.45) is 17.3 Å². The van der Waals surface area contributed by atoms with E-state index in [9.17, 15) is 9.59 Å². The summed E-state index contributed by atoms with van der Waals surface area (Å²) in [6.45, 7) is 1.91. The van der Waals surface area contributed by atoms with E-state index >= 15 is 0 Å². The predicted molar refractivity (Wildman–Crippen MR) is 109 cm³/mol. The zero-order valence-electron chi connectivity index (χ0n) is 15.5. The number of carbonyl (C=O) groups is 2. The van der Waals surface area contributed by atoms with Gasteiger partial charge in [-0.1, -0.05) is 78.4 Å². The molecule has 2 bridgehead atoms. The van der Waals surface area contributed by atoms with Crippen molar-refractivity contribution in [3.05, 3.63) is 95.1 Å². The van der Waals surface area contributed by atoms with Crippen molar-refractivity contribution in [3.63, 3.8) is 0 Å². The summed E-state index contributed by atoms with van der Waals surface area (Å²) in [4.78, 5) is 28.6. The molecule has 2 amide bonds. The van der Waals surface area contributed by atoms with Crippen LogP contribution in [-0.2, 0) is 9.59 Å². The van der Waals surface area contributed by atoms with E-state index in [1.807, 2.05) is 49.4 Å². The third-order valence-electron chi connectivity index (χ3n) is 6.49. The molecule has 2 aromatic rings. The van der Waals surface area contributed by atoms with Crippen LogP contribution in [0.2, 0.25) is 5.02 Å². The zero-order chi connectivity index (χ0) is 19.5. The number of likely N-dealkylation sites (tertiary alicyclic amines) is 1. The van der Waals surface area contributed by atoms with Crippen molar-refractivity contribution in [3.8, 4) is 0 Å². The van der Waals surface area contributed by atoms with E-state index in [-0.39, 0.29) is 29.7 Å². The fraction of sp³-hybridized carbons (Fsp3) is 0.250. The quantitative estimate of drug-likeness (QED) is 0.552. The average Bonchev–Trinajstić information content (AvgIpc) is 2.96. The monoisotopic (exact) mass is 389 g/mol. The van der Waals surface area contributed by atoms with Gasteiger partial charge in [0.25, 0.3) is 0 Å². The number of benzene rings is 2. The standard InChI is InChI=1S/C24H20ClNO2/c1-15(16-7-9-19(25)10-8-16)26-22(27)21-20(17-5-3-2-4-6-17)18-11-13-24(21,14-12-18)23(26)28/h2-15,18,20-21H,1H3/t15?,18?,20-,21-,24?/m0/s1. The van der Waals surface area contributed by atoms with Crippen LogP contribution in [0.1, 0.15) is 30.0 Å². The fourth-order valence-corrected chi connectivity index (χ4v) is 5.19. The van der Waals surface area contributed by atoms with Gasteiger partial charge in [-0.2, -0.15) is 0 Å². The summed E-state index contributed by atoms with van der Waals surface area (Å²) >= 11 is 6.00. The second kappa shape index (κ2) is 6.18. The lowest BCUT2D eigenvalue weighted by atomic mass is 9.57. The summed E-state index contributed by atoms with van der Waals surface area (Å²) < 4.78 is 0. The first kappa shape index (κ1) is 17.4. The lowest BCUT2D eigenvalue weighted by Gasteiger charge is -2.42. The molecule has 1 fully saturated rings. The molecule has 6 rings (SSSR count). The number of carbonyl (C=O) groups excluding carboxylic acids is 2. The number of rotatable bonds is 3. The molecule has 1 saturated heterocycles. The Kier molecular flexibility index (Phi) is 3.85. The van der Waals surface area contributed by atoms with Gasteiger partial charge in [-0.15, -0.1) is 0 Å². The Morgan fingerprint density at radius 1 is 0.964 bits per heavy atom. The van der Waals surface area contributed by atoms with Gasteiger partial charge in [0.15, 0.2) is 0 Å². The van der Waals surface area contributed by atoms with E-state index in [1.54, 1.807) is 12.1 Å². The first-order valence-corrected chi connectivity index (χ1v) is 9.97. The molecule has 3 nitrogen and oxygen atoms in total. The van der Waals surface area contributed by atoms with E-state index in [4.69, 9.17) is 11.6 Å². The Morgan fingerprint density at radius 2 is 1.61 bits per heavy atom. The molecule has 0 N–H and O–H groups in total. The molecule has 28 heavy (non-hydrogen) atoms. The van der Waals surface area contributed by atoms with Crippen molar-refractivity contribution < 1.29 is 9.59 Å². The molecule has 4 heteroatoms. The van der Waals surface area contributed by atoms with Crippen molar-refractivity contribution in [2.75, 3.05) is 0 Å². The van der Waals surface area contributed by atoms with Gasteiger partial charge in [-0.3, -0.25) is 14.5 Å². The SMILES string of the molecule is CC(c1ccc(Cl)cc1)N1C(=O)[C@@H]2[C@@H](c3ccccc3)C3C=CC2(C=C3)C1=O. The molecule has 140 valence electrons. The second-order valence-corrected chi connectivity index (χ2v) is 8.32. The number of nitrogens with zero attached hydrogens (tertiary/aromatic N) is 1. The van der Waals surface area contributed by atoms with Crippen molar-refractivity contribution in [1.82, 2.24) is 4.90 Å². The predicted octanol–water partition coefficient (Wildman–Crippen LogP) is 4.91. The van der Waals surface area contributed by atoms with Gasteiger partial charge >= 0.3 is 0 Å². The summed E-state index contributed by atoms with van der Waals surface area (Å²) in [5.74, 6) is -0.486. The van der Waals surface area contributed by atoms with Crippen molar-refractivity contribution in [2.45, 2.75) is 18.9 Å². The molecular formula is C24H20ClNO2. The fourth-order valence-electron chi connectivity index (χ4n) is 5.07. The minimum Gasteiger partial charge on any atom is -0.274 e. The number of hydrogen-bond donors (Lipinski definition) is 0. The third kappa shape index (κ3) is 2.29. The molecule has 4 aliphatic rings. The van der Waals surface area contributed by atoms with Crippen molar-refractivity contribution >= 4 is 23.4 Å². The molecule has 2 aromatic carbocycles. The molecule has 1 unspecified atom stereocenters. The van der Waals surface area contributed by atoms with Gasteiger partial charge in [0, 0.05) is 16.9 Å². The van der Waals surface area contributed by atoms with Crippen LogP contribution in [0.3, 0.4) is 0 Å². The van der Waals surface area contributed by atoms with Crippen LogP contribution in [0.5, 0.6) is 0 Å². The third-order valence-corrected chi connectivity index (χ3v) is 6.75. The smallest absolute Gasteiger partial charge is 0.244 e. The van der Waals surface area contributed by atoms with Gasteiger partial charge in [-0.25, -0.2) is 0 Å². The molecule has 1 aliphatic heterocycles. The maximum absolute atomic E-state index is 13.6. The van der Waals surface area contributed by atoms with Crippen LogP contribution in [0.4, 0.5) is 0 Å². The van der Waals surface area contributed by atoms with Crippen LogP contribution in [-0.4, -0.2) is 16.7 Å². The van der Waals surface area contributed by atoms with E-state index in [1.165, 1.54) is 4.90 Å². The summed E-state index contributed by atoms with van der Waals surface area (Å²) in [6.07, 6.45) is 8.10. The number of amides is 2. The topological polar surface area (TPSA) is 37.4 Å². The summed E-state index contributed by atoms with van der Waals surface area (Å²) in [5, 5.41) is 0.635. The Balaban J connectivity index is 1.59. The highest BCUT2D eigenvalue weighted by Crippen LogP contribution is 2.58. The van der Waals surface area contributed by atoms with Gasteiger partial charge in [0.2, 0.25) is 11.8 Å². The maximum atomic E-state index is 13.6. The molecule has 1 spiro atoms. The van der Waals surface area contributed by atoms with Crippen LogP contribution < -0.4 is 0 Å². The molecular weight excluding hydrogens is 370 g/mol. The molecule has 1 heterocycles. The van der Waals surface area contributed by atoms with Gasteiger partial charge in [-0.05, 0) is 30.2 Å².